The number of hydrogen-bond donors (Lipinski definition) is 2. The standard InChI is InChI=1S/C14H22FNO2/c1-13(2,3)14(17,9-16)8-10-5-6-12(18-4)11(15)7-10/h5-7,17H,8-9,16H2,1-4H3. The van der Waals surface area contributed by atoms with E-state index in [1.807, 2.05) is 20.8 Å². The first-order chi connectivity index (χ1) is 8.23. The van der Waals surface area contributed by atoms with Crippen LogP contribution >= 0.6 is 0 Å². The summed E-state index contributed by atoms with van der Waals surface area (Å²) in [6, 6.07) is 4.68. The minimum atomic E-state index is -1.06. The van der Waals surface area contributed by atoms with Gasteiger partial charge < -0.3 is 15.6 Å². The van der Waals surface area contributed by atoms with Gasteiger partial charge in [-0.3, -0.25) is 0 Å². The molecule has 3 nitrogen and oxygen atoms in total. The monoisotopic (exact) mass is 255 g/mol. The lowest BCUT2D eigenvalue weighted by Gasteiger charge is -2.39. The summed E-state index contributed by atoms with van der Waals surface area (Å²) in [6.07, 6.45) is 0.313. The molecule has 0 heterocycles. The Labute approximate surface area is 108 Å². The maximum atomic E-state index is 13.6. The molecule has 1 atom stereocenters. The van der Waals surface area contributed by atoms with Crippen LogP contribution in [0.1, 0.15) is 26.3 Å². The van der Waals surface area contributed by atoms with Gasteiger partial charge in [-0.25, -0.2) is 4.39 Å². The number of rotatable bonds is 4. The van der Waals surface area contributed by atoms with Crippen molar-refractivity contribution in [2.24, 2.45) is 11.1 Å². The lowest BCUT2D eigenvalue weighted by Crippen LogP contribution is -2.50. The Kier molecular flexibility index (Phi) is 4.35. The summed E-state index contributed by atoms with van der Waals surface area (Å²) in [4.78, 5) is 0. The third-order valence-electron chi connectivity index (χ3n) is 3.45. The highest BCUT2D eigenvalue weighted by Crippen LogP contribution is 2.33. The molecule has 18 heavy (non-hydrogen) atoms. The third kappa shape index (κ3) is 3.00. The van der Waals surface area contributed by atoms with Gasteiger partial charge in [-0.1, -0.05) is 26.8 Å². The molecule has 0 aliphatic rings. The van der Waals surface area contributed by atoms with Gasteiger partial charge in [0.1, 0.15) is 0 Å². The molecule has 0 fully saturated rings. The third-order valence-corrected chi connectivity index (χ3v) is 3.45. The molecule has 1 unspecified atom stereocenters. The molecule has 0 radical (unpaired) electrons. The second kappa shape index (κ2) is 5.24. The van der Waals surface area contributed by atoms with Crippen molar-refractivity contribution in [1.82, 2.24) is 0 Å². The maximum Gasteiger partial charge on any atom is 0.165 e. The van der Waals surface area contributed by atoms with Gasteiger partial charge in [0.25, 0.3) is 0 Å². The molecule has 0 amide bonds. The Hall–Kier alpha value is -1.13. The summed E-state index contributed by atoms with van der Waals surface area (Å²) in [6.45, 7) is 5.88. The van der Waals surface area contributed by atoms with Gasteiger partial charge in [-0.05, 0) is 23.1 Å². The highest BCUT2D eigenvalue weighted by atomic mass is 19.1. The Morgan fingerprint density at radius 1 is 1.33 bits per heavy atom. The number of ether oxygens (including phenoxy) is 1. The average molecular weight is 255 g/mol. The summed E-state index contributed by atoms with van der Waals surface area (Å²) in [7, 11) is 1.42. The molecule has 1 aromatic rings. The lowest BCUT2D eigenvalue weighted by molar-refractivity contribution is -0.0490. The van der Waals surface area contributed by atoms with Crippen molar-refractivity contribution in [1.29, 1.82) is 0 Å². The highest BCUT2D eigenvalue weighted by Gasteiger charge is 2.38. The van der Waals surface area contributed by atoms with Gasteiger partial charge in [0.2, 0.25) is 0 Å². The number of benzene rings is 1. The first kappa shape index (κ1) is 14.9. The zero-order valence-electron chi connectivity index (χ0n) is 11.5. The van der Waals surface area contributed by atoms with Crippen molar-refractivity contribution in [2.75, 3.05) is 13.7 Å². The topological polar surface area (TPSA) is 55.5 Å². The van der Waals surface area contributed by atoms with Crippen LogP contribution < -0.4 is 10.5 Å². The fourth-order valence-electron chi connectivity index (χ4n) is 1.80. The molecule has 0 saturated heterocycles. The van der Waals surface area contributed by atoms with Gasteiger partial charge in [0.05, 0.1) is 12.7 Å². The van der Waals surface area contributed by atoms with Crippen LogP contribution in [0.3, 0.4) is 0 Å². The van der Waals surface area contributed by atoms with E-state index in [0.29, 0.717) is 12.0 Å². The number of halogens is 1. The van der Waals surface area contributed by atoms with Crippen molar-refractivity contribution in [3.63, 3.8) is 0 Å². The largest absolute Gasteiger partial charge is 0.494 e. The molecular formula is C14H22FNO2. The number of nitrogens with two attached hydrogens (primary N) is 1. The number of methoxy groups -OCH3 is 1. The summed E-state index contributed by atoms with van der Waals surface area (Å²) >= 11 is 0. The van der Waals surface area contributed by atoms with Crippen LogP contribution in [0.2, 0.25) is 0 Å². The first-order valence-corrected chi connectivity index (χ1v) is 5.98. The van der Waals surface area contributed by atoms with Crippen molar-refractivity contribution in [3.8, 4) is 5.75 Å². The van der Waals surface area contributed by atoms with Crippen molar-refractivity contribution < 1.29 is 14.2 Å². The molecule has 0 aliphatic carbocycles. The molecule has 102 valence electrons. The molecule has 4 heteroatoms. The van der Waals surface area contributed by atoms with E-state index in [1.54, 1.807) is 12.1 Å². The fourth-order valence-corrected chi connectivity index (χ4v) is 1.80. The second-order valence-electron chi connectivity index (χ2n) is 5.63. The van der Waals surface area contributed by atoms with Gasteiger partial charge >= 0.3 is 0 Å². The summed E-state index contributed by atoms with van der Waals surface area (Å²) in [5.74, 6) is -0.228. The first-order valence-electron chi connectivity index (χ1n) is 5.98. The molecule has 1 rings (SSSR count). The average Bonchev–Trinajstić information content (AvgIpc) is 2.27. The molecule has 3 N–H and O–H groups in total. The van der Waals surface area contributed by atoms with E-state index in [4.69, 9.17) is 10.5 Å². The zero-order valence-corrected chi connectivity index (χ0v) is 11.5. The minimum Gasteiger partial charge on any atom is -0.494 e. The molecule has 0 spiro atoms. The Balaban J connectivity index is 3.00. The lowest BCUT2D eigenvalue weighted by atomic mass is 9.73. The Morgan fingerprint density at radius 3 is 2.33 bits per heavy atom. The SMILES string of the molecule is COc1ccc(CC(O)(CN)C(C)(C)C)cc1F. The van der Waals surface area contributed by atoms with E-state index in [0.717, 1.165) is 0 Å². The molecule has 0 aromatic heterocycles. The Bertz CT molecular complexity index is 415. The van der Waals surface area contributed by atoms with Gasteiger partial charge in [0, 0.05) is 13.0 Å². The van der Waals surface area contributed by atoms with Crippen LogP contribution in [0.15, 0.2) is 18.2 Å². The molecule has 0 aliphatic heterocycles. The quantitative estimate of drug-likeness (QED) is 0.866. The van der Waals surface area contributed by atoms with E-state index in [1.165, 1.54) is 13.2 Å². The molecular weight excluding hydrogens is 233 g/mol. The predicted molar refractivity (Wildman–Crippen MR) is 70.1 cm³/mol. The van der Waals surface area contributed by atoms with Crippen molar-refractivity contribution in [2.45, 2.75) is 32.8 Å². The van der Waals surface area contributed by atoms with E-state index >= 15 is 0 Å². The normalized spacial score (nSPS) is 15.3. The predicted octanol–water partition coefficient (Wildman–Crippen LogP) is 2.11. The van der Waals surface area contributed by atoms with Crippen LogP contribution in [0.4, 0.5) is 4.39 Å². The fraction of sp³-hybridized carbons (Fsp3) is 0.571. The van der Waals surface area contributed by atoms with E-state index in [9.17, 15) is 9.50 Å². The zero-order chi connectivity index (χ0) is 14.0. The summed E-state index contributed by atoms with van der Waals surface area (Å²) < 4.78 is 18.4. The van der Waals surface area contributed by atoms with Crippen LogP contribution in [0, 0.1) is 11.2 Å². The summed E-state index contributed by atoms with van der Waals surface area (Å²) in [5.41, 5.74) is 4.93. The summed E-state index contributed by atoms with van der Waals surface area (Å²) in [5, 5.41) is 10.5. The maximum absolute atomic E-state index is 13.6. The van der Waals surface area contributed by atoms with Crippen LogP contribution in [-0.4, -0.2) is 24.4 Å². The van der Waals surface area contributed by atoms with Gasteiger partial charge in [-0.15, -0.1) is 0 Å². The van der Waals surface area contributed by atoms with Crippen LogP contribution in [0.25, 0.3) is 0 Å². The van der Waals surface area contributed by atoms with E-state index < -0.39 is 11.4 Å². The minimum absolute atomic E-state index is 0.129. The van der Waals surface area contributed by atoms with Crippen molar-refractivity contribution >= 4 is 0 Å². The smallest absolute Gasteiger partial charge is 0.165 e. The van der Waals surface area contributed by atoms with E-state index in [2.05, 4.69) is 0 Å². The second-order valence-corrected chi connectivity index (χ2v) is 5.63. The highest BCUT2D eigenvalue weighted by molar-refractivity contribution is 5.30. The molecule has 0 bridgehead atoms. The van der Waals surface area contributed by atoms with Crippen LogP contribution in [-0.2, 0) is 6.42 Å². The molecule has 0 saturated carbocycles. The van der Waals surface area contributed by atoms with Crippen molar-refractivity contribution in [3.05, 3.63) is 29.6 Å². The molecule has 1 aromatic carbocycles. The van der Waals surface area contributed by atoms with Gasteiger partial charge in [-0.2, -0.15) is 0 Å². The Morgan fingerprint density at radius 2 is 1.94 bits per heavy atom. The number of hydrogen-bond acceptors (Lipinski definition) is 3. The number of aliphatic hydroxyl groups is 1. The van der Waals surface area contributed by atoms with Gasteiger partial charge in [0.15, 0.2) is 11.6 Å². The van der Waals surface area contributed by atoms with E-state index in [-0.39, 0.29) is 17.7 Å². The van der Waals surface area contributed by atoms with Crippen LogP contribution in [0.5, 0.6) is 5.75 Å².